The average Bonchev–Trinajstić information content (AvgIpc) is 2.87. The Morgan fingerprint density at radius 1 is 1.42 bits per heavy atom. The summed E-state index contributed by atoms with van der Waals surface area (Å²) in [5.41, 5.74) is -0.878. The number of carbonyl (C=O) groups is 1. The van der Waals surface area contributed by atoms with Crippen LogP contribution in [0, 0.1) is 0 Å². The topological polar surface area (TPSA) is 38.1 Å². The Kier molecular flexibility index (Phi) is 3.64. The molecular formula is C12H14F3N3O. The first-order valence-corrected chi connectivity index (χ1v) is 5.95. The highest BCUT2D eigenvalue weighted by molar-refractivity contribution is 5.87. The maximum atomic E-state index is 12.4. The average molecular weight is 273 g/mol. The summed E-state index contributed by atoms with van der Waals surface area (Å²) in [5.74, 6) is -0.144. The van der Waals surface area contributed by atoms with E-state index in [1.54, 1.807) is 4.90 Å². The van der Waals surface area contributed by atoms with Gasteiger partial charge in [0, 0.05) is 19.3 Å². The van der Waals surface area contributed by atoms with Crippen LogP contribution in [0.3, 0.4) is 0 Å². The van der Waals surface area contributed by atoms with Gasteiger partial charge in [0.25, 0.3) is 0 Å². The Morgan fingerprint density at radius 2 is 2.05 bits per heavy atom. The highest BCUT2D eigenvalue weighted by Crippen LogP contribution is 2.29. The van der Waals surface area contributed by atoms with E-state index in [9.17, 15) is 18.0 Å². The third-order valence-corrected chi connectivity index (χ3v) is 3.22. The maximum absolute atomic E-state index is 12.4. The molecule has 7 heteroatoms. The number of alkyl halides is 3. The molecule has 0 radical (unpaired) electrons. The number of carbonyl (C=O) groups excluding carboxylic acids is 1. The molecule has 2 rings (SSSR count). The van der Waals surface area contributed by atoms with Crippen molar-refractivity contribution in [3.8, 4) is 0 Å². The predicted molar refractivity (Wildman–Crippen MR) is 62.3 cm³/mol. The number of hydrogen-bond donors (Lipinski definition) is 0. The summed E-state index contributed by atoms with van der Waals surface area (Å²) in [6, 6.07) is 0.881. The molecule has 19 heavy (non-hydrogen) atoms. The fraction of sp³-hybridized carbons (Fsp3) is 0.500. The standard InChI is InChI=1S/C12H14F3N3O/c1-2-11(19)17-6-3-9(4-7-17)18-8-5-10(16-18)12(13,14)15/h2,5,8-9H,1,3-4,6-7H2. The van der Waals surface area contributed by atoms with Gasteiger partial charge in [-0.05, 0) is 25.0 Å². The van der Waals surface area contributed by atoms with Gasteiger partial charge in [-0.15, -0.1) is 0 Å². The summed E-state index contributed by atoms with van der Waals surface area (Å²) in [4.78, 5) is 13.0. The molecule has 1 aromatic heterocycles. The molecule has 2 heterocycles. The third-order valence-electron chi connectivity index (χ3n) is 3.22. The number of nitrogens with zero attached hydrogens (tertiary/aromatic N) is 3. The summed E-state index contributed by atoms with van der Waals surface area (Å²) in [7, 11) is 0. The molecule has 104 valence electrons. The molecule has 0 unspecified atom stereocenters. The molecule has 0 aliphatic carbocycles. The first-order valence-electron chi connectivity index (χ1n) is 5.95. The summed E-state index contributed by atoms with van der Waals surface area (Å²) >= 11 is 0. The number of piperidine rings is 1. The molecule has 0 aromatic carbocycles. The second kappa shape index (κ2) is 5.07. The highest BCUT2D eigenvalue weighted by atomic mass is 19.4. The molecule has 0 bridgehead atoms. The van der Waals surface area contributed by atoms with E-state index in [1.807, 2.05) is 0 Å². The first kappa shape index (κ1) is 13.6. The lowest BCUT2D eigenvalue weighted by Crippen LogP contribution is -2.38. The number of hydrogen-bond acceptors (Lipinski definition) is 2. The summed E-state index contributed by atoms with van der Waals surface area (Å²) in [6.45, 7) is 4.43. The Labute approximate surface area is 108 Å². The van der Waals surface area contributed by atoms with Gasteiger partial charge in [-0.3, -0.25) is 9.48 Å². The molecule has 0 N–H and O–H groups in total. The zero-order chi connectivity index (χ0) is 14.0. The van der Waals surface area contributed by atoms with E-state index >= 15 is 0 Å². The normalized spacial score (nSPS) is 17.5. The van der Waals surface area contributed by atoms with Gasteiger partial charge in [0.1, 0.15) is 0 Å². The van der Waals surface area contributed by atoms with Crippen molar-refractivity contribution in [3.05, 3.63) is 30.6 Å². The molecule has 1 amide bonds. The van der Waals surface area contributed by atoms with Crippen molar-refractivity contribution in [2.24, 2.45) is 0 Å². The monoisotopic (exact) mass is 273 g/mol. The molecule has 1 fully saturated rings. The molecular weight excluding hydrogens is 259 g/mol. The molecule has 1 aliphatic heterocycles. The molecule has 0 atom stereocenters. The minimum Gasteiger partial charge on any atom is -0.339 e. The van der Waals surface area contributed by atoms with Crippen LogP contribution in [0.25, 0.3) is 0 Å². The second-order valence-corrected chi connectivity index (χ2v) is 4.44. The van der Waals surface area contributed by atoms with Crippen LogP contribution in [0.15, 0.2) is 24.9 Å². The molecule has 0 saturated carbocycles. The fourth-order valence-corrected chi connectivity index (χ4v) is 2.17. The smallest absolute Gasteiger partial charge is 0.339 e. The molecule has 1 aromatic rings. The summed E-state index contributed by atoms with van der Waals surface area (Å²) in [5, 5.41) is 3.56. The Balaban J connectivity index is 2.00. The van der Waals surface area contributed by atoms with Crippen LogP contribution >= 0.6 is 0 Å². The van der Waals surface area contributed by atoms with Crippen LogP contribution in [0.5, 0.6) is 0 Å². The molecule has 1 aliphatic rings. The number of rotatable bonds is 2. The van der Waals surface area contributed by atoms with Gasteiger partial charge in [-0.2, -0.15) is 18.3 Å². The van der Waals surface area contributed by atoms with E-state index in [1.165, 1.54) is 17.0 Å². The van der Waals surface area contributed by atoms with Crippen molar-refractivity contribution in [2.45, 2.75) is 25.1 Å². The minimum atomic E-state index is -4.41. The number of amides is 1. The van der Waals surface area contributed by atoms with Gasteiger partial charge in [-0.1, -0.05) is 6.58 Å². The number of likely N-dealkylation sites (tertiary alicyclic amines) is 1. The van der Waals surface area contributed by atoms with Crippen LogP contribution in [0.2, 0.25) is 0 Å². The van der Waals surface area contributed by atoms with E-state index in [2.05, 4.69) is 11.7 Å². The van der Waals surface area contributed by atoms with E-state index < -0.39 is 11.9 Å². The Bertz CT molecular complexity index is 473. The molecule has 4 nitrogen and oxygen atoms in total. The van der Waals surface area contributed by atoms with E-state index in [4.69, 9.17) is 0 Å². The van der Waals surface area contributed by atoms with E-state index in [0.29, 0.717) is 25.9 Å². The summed E-state index contributed by atoms with van der Waals surface area (Å²) < 4.78 is 38.7. The van der Waals surface area contributed by atoms with Crippen LogP contribution in [0.4, 0.5) is 13.2 Å². The highest BCUT2D eigenvalue weighted by Gasteiger charge is 2.34. The Hall–Kier alpha value is -1.79. The third kappa shape index (κ3) is 2.97. The SMILES string of the molecule is C=CC(=O)N1CCC(n2ccc(C(F)(F)F)n2)CC1. The maximum Gasteiger partial charge on any atom is 0.435 e. The van der Waals surface area contributed by atoms with Gasteiger partial charge in [-0.25, -0.2) is 0 Å². The van der Waals surface area contributed by atoms with Crippen LogP contribution in [-0.2, 0) is 11.0 Å². The lowest BCUT2D eigenvalue weighted by Gasteiger charge is -2.31. The van der Waals surface area contributed by atoms with Crippen molar-refractivity contribution < 1.29 is 18.0 Å². The predicted octanol–water partition coefficient (Wildman–Crippen LogP) is 2.25. The summed E-state index contributed by atoms with van der Waals surface area (Å²) in [6.07, 6.45) is -0.629. The van der Waals surface area contributed by atoms with Crippen LogP contribution < -0.4 is 0 Å². The van der Waals surface area contributed by atoms with Gasteiger partial charge in [0.05, 0.1) is 6.04 Å². The zero-order valence-corrected chi connectivity index (χ0v) is 10.2. The quantitative estimate of drug-likeness (QED) is 0.775. The minimum absolute atomic E-state index is 0.0926. The van der Waals surface area contributed by atoms with Crippen molar-refractivity contribution in [2.75, 3.05) is 13.1 Å². The van der Waals surface area contributed by atoms with E-state index in [-0.39, 0.29) is 11.9 Å². The van der Waals surface area contributed by atoms with Gasteiger partial charge in [0.15, 0.2) is 5.69 Å². The number of aromatic nitrogens is 2. The molecule has 0 spiro atoms. The van der Waals surface area contributed by atoms with Crippen molar-refractivity contribution >= 4 is 5.91 Å². The lowest BCUT2D eigenvalue weighted by atomic mass is 10.1. The fourth-order valence-electron chi connectivity index (χ4n) is 2.17. The van der Waals surface area contributed by atoms with Gasteiger partial charge in [0.2, 0.25) is 5.91 Å². The van der Waals surface area contributed by atoms with Crippen LogP contribution in [-0.4, -0.2) is 33.7 Å². The van der Waals surface area contributed by atoms with Crippen molar-refractivity contribution in [3.63, 3.8) is 0 Å². The van der Waals surface area contributed by atoms with Crippen molar-refractivity contribution in [1.82, 2.24) is 14.7 Å². The zero-order valence-electron chi connectivity index (χ0n) is 10.2. The van der Waals surface area contributed by atoms with Crippen LogP contribution in [0.1, 0.15) is 24.6 Å². The first-order chi connectivity index (χ1) is 8.91. The van der Waals surface area contributed by atoms with Gasteiger partial charge >= 0.3 is 6.18 Å². The second-order valence-electron chi connectivity index (χ2n) is 4.44. The van der Waals surface area contributed by atoms with Crippen molar-refractivity contribution in [1.29, 1.82) is 0 Å². The Morgan fingerprint density at radius 3 is 2.53 bits per heavy atom. The van der Waals surface area contributed by atoms with E-state index in [0.717, 1.165) is 6.07 Å². The van der Waals surface area contributed by atoms with Gasteiger partial charge < -0.3 is 4.90 Å². The molecule has 1 saturated heterocycles. The lowest BCUT2D eigenvalue weighted by molar-refractivity contribution is -0.141. The largest absolute Gasteiger partial charge is 0.435 e. The number of halogens is 3.